The third-order valence-corrected chi connectivity index (χ3v) is 4.04. The Kier molecular flexibility index (Phi) is 3.42. The number of rotatable bonds is 3. The first-order chi connectivity index (χ1) is 12.1. The molecule has 0 radical (unpaired) electrons. The van der Waals surface area contributed by atoms with Crippen molar-refractivity contribution in [3.63, 3.8) is 0 Å². The summed E-state index contributed by atoms with van der Waals surface area (Å²) in [4.78, 5) is 13.0. The summed E-state index contributed by atoms with van der Waals surface area (Å²) in [6, 6.07) is 5.68. The molecule has 4 heterocycles. The van der Waals surface area contributed by atoms with Gasteiger partial charge in [-0.1, -0.05) is 0 Å². The van der Waals surface area contributed by atoms with Gasteiger partial charge in [0.1, 0.15) is 17.5 Å². The molecule has 8 nitrogen and oxygen atoms in total. The van der Waals surface area contributed by atoms with Crippen LogP contribution in [0.1, 0.15) is 5.56 Å². The maximum atomic E-state index is 6.13. The molecule has 0 atom stereocenters. The topological polar surface area (TPSA) is 131 Å². The Balaban J connectivity index is 1.83. The number of nitrogens with one attached hydrogen (secondary N) is 2. The lowest BCUT2D eigenvalue weighted by atomic mass is 10.0. The molecule has 0 amide bonds. The Morgan fingerprint density at radius 3 is 2.80 bits per heavy atom. The normalized spacial score (nSPS) is 10.9. The highest BCUT2D eigenvalue weighted by Crippen LogP contribution is 2.30. The molecule has 4 aromatic heterocycles. The van der Waals surface area contributed by atoms with Gasteiger partial charge in [0.15, 0.2) is 0 Å². The van der Waals surface area contributed by atoms with Gasteiger partial charge < -0.3 is 16.8 Å². The summed E-state index contributed by atoms with van der Waals surface area (Å²) >= 11 is 0. The monoisotopic (exact) mass is 332 g/mol. The summed E-state index contributed by atoms with van der Waals surface area (Å²) in [5, 5.41) is 11.6. The number of nitrogen functional groups attached to an aromatic ring is 2. The van der Waals surface area contributed by atoms with Crippen LogP contribution in [0, 0.1) is 6.92 Å². The van der Waals surface area contributed by atoms with E-state index in [2.05, 4.69) is 30.5 Å². The lowest BCUT2D eigenvalue weighted by molar-refractivity contribution is 1.09. The number of hydrogen-bond donors (Lipinski definition) is 4. The van der Waals surface area contributed by atoms with Gasteiger partial charge in [-0.2, -0.15) is 5.10 Å². The average Bonchev–Trinajstić information content (AvgIpc) is 3.10. The van der Waals surface area contributed by atoms with E-state index in [0.29, 0.717) is 17.3 Å². The van der Waals surface area contributed by atoms with Crippen LogP contribution in [0.2, 0.25) is 0 Å². The van der Waals surface area contributed by atoms with Gasteiger partial charge in [-0.15, -0.1) is 0 Å². The fourth-order valence-electron chi connectivity index (χ4n) is 2.64. The molecule has 0 fully saturated rings. The Morgan fingerprint density at radius 1 is 1.12 bits per heavy atom. The smallest absolute Gasteiger partial charge is 0.133 e. The molecule has 0 bridgehead atoms. The van der Waals surface area contributed by atoms with Crippen molar-refractivity contribution < 1.29 is 0 Å². The van der Waals surface area contributed by atoms with Gasteiger partial charge in [-0.3, -0.25) is 10.1 Å². The van der Waals surface area contributed by atoms with Gasteiger partial charge in [0.2, 0.25) is 0 Å². The van der Waals surface area contributed by atoms with Crippen molar-refractivity contribution in [3.8, 4) is 11.3 Å². The fraction of sp³-hybridized carbons (Fsp3) is 0.0588. The highest BCUT2D eigenvalue weighted by Gasteiger charge is 2.11. The highest BCUT2D eigenvalue weighted by molar-refractivity contribution is 5.95. The lowest BCUT2D eigenvalue weighted by Crippen LogP contribution is -2.00. The molecule has 0 aromatic carbocycles. The van der Waals surface area contributed by atoms with Gasteiger partial charge in [-0.25, -0.2) is 9.97 Å². The predicted octanol–water partition coefficient (Wildman–Crippen LogP) is 2.63. The molecule has 0 aliphatic heterocycles. The first-order valence-electron chi connectivity index (χ1n) is 7.65. The molecule has 0 saturated carbocycles. The predicted molar refractivity (Wildman–Crippen MR) is 98.2 cm³/mol. The molecule has 0 spiro atoms. The van der Waals surface area contributed by atoms with Crippen molar-refractivity contribution in [1.82, 2.24) is 25.1 Å². The Bertz CT molecular complexity index is 1060. The molecule has 25 heavy (non-hydrogen) atoms. The number of H-pyrrole nitrogens is 1. The van der Waals surface area contributed by atoms with Crippen molar-refractivity contribution in [1.29, 1.82) is 0 Å². The van der Waals surface area contributed by atoms with Crippen LogP contribution in [0.25, 0.3) is 22.0 Å². The minimum absolute atomic E-state index is 0.412. The molecule has 0 aliphatic carbocycles. The van der Waals surface area contributed by atoms with E-state index in [9.17, 15) is 0 Å². The summed E-state index contributed by atoms with van der Waals surface area (Å²) in [5.74, 6) is 1.84. The van der Waals surface area contributed by atoms with E-state index < -0.39 is 0 Å². The summed E-state index contributed by atoms with van der Waals surface area (Å²) in [7, 11) is 0. The fourth-order valence-corrected chi connectivity index (χ4v) is 2.64. The van der Waals surface area contributed by atoms with Crippen molar-refractivity contribution in [2.45, 2.75) is 6.92 Å². The van der Waals surface area contributed by atoms with Gasteiger partial charge in [-0.05, 0) is 30.0 Å². The maximum absolute atomic E-state index is 6.13. The van der Waals surface area contributed by atoms with E-state index in [4.69, 9.17) is 11.5 Å². The second-order valence-corrected chi connectivity index (χ2v) is 5.68. The molecule has 124 valence electrons. The van der Waals surface area contributed by atoms with Crippen LogP contribution < -0.4 is 16.8 Å². The number of anilines is 4. The van der Waals surface area contributed by atoms with Crippen LogP contribution in [-0.2, 0) is 0 Å². The molecule has 0 saturated heterocycles. The summed E-state index contributed by atoms with van der Waals surface area (Å²) in [6.45, 7) is 1.94. The number of aromatic nitrogens is 5. The molecular formula is C17H16N8. The summed E-state index contributed by atoms with van der Waals surface area (Å²) in [5.41, 5.74) is 15.2. The van der Waals surface area contributed by atoms with E-state index >= 15 is 0 Å². The Labute approximate surface area is 143 Å². The zero-order valence-electron chi connectivity index (χ0n) is 13.5. The van der Waals surface area contributed by atoms with Gasteiger partial charge in [0.05, 0.1) is 23.8 Å². The quantitative estimate of drug-likeness (QED) is 0.453. The molecule has 0 aliphatic rings. The Morgan fingerprint density at radius 2 is 2.00 bits per heavy atom. The number of hydrogen-bond acceptors (Lipinski definition) is 7. The third-order valence-electron chi connectivity index (χ3n) is 4.04. The zero-order chi connectivity index (χ0) is 17.4. The molecule has 4 aromatic rings. The van der Waals surface area contributed by atoms with Crippen LogP contribution in [0.3, 0.4) is 0 Å². The van der Waals surface area contributed by atoms with Crippen LogP contribution >= 0.6 is 0 Å². The second kappa shape index (κ2) is 5.75. The zero-order valence-corrected chi connectivity index (χ0v) is 13.5. The van der Waals surface area contributed by atoms with Gasteiger partial charge in [0.25, 0.3) is 0 Å². The summed E-state index contributed by atoms with van der Waals surface area (Å²) in [6.07, 6.45) is 6.73. The van der Waals surface area contributed by atoms with E-state index in [1.807, 2.05) is 25.1 Å². The minimum atomic E-state index is 0.412. The van der Waals surface area contributed by atoms with Crippen molar-refractivity contribution in [2.75, 3.05) is 16.8 Å². The number of fused-ring (bicyclic) bond motifs is 1. The largest absolute Gasteiger partial charge is 0.397 e. The van der Waals surface area contributed by atoms with Crippen molar-refractivity contribution in [3.05, 3.63) is 48.5 Å². The Hall–Kier alpha value is -3.68. The van der Waals surface area contributed by atoms with Crippen LogP contribution in [0.5, 0.6) is 0 Å². The number of nitrogens with two attached hydrogens (primary N) is 2. The van der Waals surface area contributed by atoms with Crippen LogP contribution in [0.15, 0.2) is 43.0 Å². The molecule has 0 unspecified atom stereocenters. The SMILES string of the molecule is Cc1c(N)cncc1-c1cc2cc(Nc3ccn[nH]3)ncc2c(N)n1. The van der Waals surface area contributed by atoms with Gasteiger partial charge in [0, 0.05) is 29.4 Å². The van der Waals surface area contributed by atoms with E-state index in [1.165, 1.54) is 0 Å². The lowest BCUT2D eigenvalue weighted by Gasteiger charge is -2.11. The van der Waals surface area contributed by atoms with Crippen LogP contribution in [0.4, 0.5) is 23.1 Å². The van der Waals surface area contributed by atoms with Gasteiger partial charge >= 0.3 is 0 Å². The molecular weight excluding hydrogens is 316 g/mol. The average molecular weight is 332 g/mol. The summed E-state index contributed by atoms with van der Waals surface area (Å²) < 4.78 is 0. The molecule has 8 heteroatoms. The third kappa shape index (κ3) is 2.69. The second-order valence-electron chi connectivity index (χ2n) is 5.68. The molecule has 6 N–H and O–H groups in total. The minimum Gasteiger partial charge on any atom is -0.397 e. The maximum Gasteiger partial charge on any atom is 0.133 e. The number of pyridine rings is 3. The highest BCUT2D eigenvalue weighted by atomic mass is 15.2. The number of nitrogens with zero attached hydrogens (tertiary/aromatic N) is 4. The first-order valence-corrected chi connectivity index (χ1v) is 7.65. The van der Waals surface area contributed by atoms with Crippen LogP contribution in [-0.4, -0.2) is 25.1 Å². The van der Waals surface area contributed by atoms with Crippen molar-refractivity contribution >= 4 is 33.9 Å². The van der Waals surface area contributed by atoms with E-state index in [-0.39, 0.29) is 0 Å². The van der Waals surface area contributed by atoms with Crippen molar-refractivity contribution in [2.24, 2.45) is 0 Å². The first kappa shape index (κ1) is 14.9. The number of aromatic amines is 1. The van der Waals surface area contributed by atoms with E-state index in [0.717, 1.165) is 33.4 Å². The molecule has 4 rings (SSSR count). The standard InChI is InChI=1S/C17H16N8/c1-9-11(6-20-8-13(9)18)14-4-10-5-16(24-15-2-3-22-25-15)21-7-12(10)17(19)23-14/h2-8H,18H2,1H3,(H2,19,23)(H2,21,22,24,25). The van der Waals surface area contributed by atoms with E-state index in [1.54, 1.807) is 24.8 Å².